The van der Waals surface area contributed by atoms with Gasteiger partial charge in [-0.1, -0.05) is 79.5 Å². The highest BCUT2D eigenvalue weighted by atomic mass is 16.8. The SMILES string of the molecule is COC(=O)C1=NO[C@@]2(C1)[C@@H]1OC(c3ccccc3)O[C@@H]1C(=O)[C@@H]1[C@H]2[C@@]23C=C[C@]1(c1ccc(OC)cc1)[C@@]2(C)CCCC3. The maximum absolute atomic E-state index is 15.0. The topological polar surface area (TPSA) is 92.7 Å². The smallest absolute Gasteiger partial charge is 0.355 e. The Labute approximate surface area is 245 Å². The van der Waals surface area contributed by atoms with Gasteiger partial charge in [0.05, 0.1) is 14.2 Å². The summed E-state index contributed by atoms with van der Waals surface area (Å²) in [6, 6.07) is 17.8. The van der Waals surface area contributed by atoms with E-state index in [0.29, 0.717) is 0 Å². The molecule has 2 bridgehead atoms. The van der Waals surface area contributed by atoms with Crippen LogP contribution in [0.4, 0.5) is 0 Å². The Bertz CT molecular complexity index is 1520. The van der Waals surface area contributed by atoms with E-state index in [1.54, 1.807) is 7.11 Å². The Hall–Kier alpha value is -3.49. The maximum Gasteiger partial charge on any atom is 0.355 e. The summed E-state index contributed by atoms with van der Waals surface area (Å²) in [4.78, 5) is 34.3. The maximum atomic E-state index is 15.0. The van der Waals surface area contributed by atoms with Gasteiger partial charge in [-0.2, -0.15) is 0 Å². The van der Waals surface area contributed by atoms with Crippen LogP contribution >= 0.6 is 0 Å². The Morgan fingerprint density at radius 2 is 1.74 bits per heavy atom. The van der Waals surface area contributed by atoms with Gasteiger partial charge in [-0.15, -0.1) is 0 Å². The number of methoxy groups -OCH3 is 2. The summed E-state index contributed by atoms with van der Waals surface area (Å²) in [5, 5.41) is 4.34. The number of oxime groups is 1. The number of hydrogen-bond donors (Lipinski definition) is 0. The third-order valence-electron chi connectivity index (χ3n) is 11.7. The van der Waals surface area contributed by atoms with Crippen molar-refractivity contribution in [1.82, 2.24) is 0 Å². The molecule has 4 fully saturated rings. The first-order valence-electron chi connectivity index (χ1n) is 14.9. The van der Waals surface area contributed by atoms with E-state index in [1.807, 2.05) is 42.5 Å². The van der Waals surface area contributed by atoms with Crippen molar-refractivity contribution in [2.75, 3.05) is 14.2 Å². The van der Waals surface area contributed by atoms with E-state index in [0.717, 1.165) is 42.6 Å². The number of allylic oxidation sites excluding steroid dienone is 2. The van der Waals surface area contributed by atoms with E-state index in [4.69, 9.17) is 23.8 Å². The Morgan fingerprint density at radius 3 is 2.48 bits per heavy atom. The van der Waals surface area contributed by atoms with E-state index in [2.05, 4.69) is 36.4 Å². The molecule has 2 heterocycles. The lowest BCUT2D eigenvalue weighted by molar-refractivity contribution is -0.205. The van der Waals surface area contributed by atoms with Gasteiger partial charge in [0.2, 0.25) is 0 Å². The number of carbonyl (C=O) groups excluding carboxylic acids is 2. The van der Waals surface area contributed by atoms with Crippen molar-refractivity contribution in [3.63, 3.8) is 0 Å². The number of benzene rings is 2. The van der Waals surface area contributed by atoms with Crippen LogP contribution in [0.2, 0.25) is 0 Å². The Morgan fingerprint density at radius 1 is 0.976 bits per heavy atom. The van der Waals surface area contributed by atoms with E-state index in [1.165, 1.54) is 7.11 Å². The van der Waals surface area contributed by atoms with Gasteiger partial charge in [0.15, 0.2) is 23.4 Å². The molecule has 0 aromatic heterocycles. The van der Waals surface area contributed by atoms with E-state index in [9.17, 15) is 4.79 Å². The summed E-state index contributed by atoms with van der Waals surface area (Å²) in [5.41, 5.74) is -0.149. The van der Waals surface area contributed by atoms with Gasteiger partial charge >= 0.3 is 5.97 Å². The van der Waals surface area contributed by atoms with Crippen LogP contribution in [0.1, 0.15) is 56.4 Å². The van der Waals surface area contributed by atoms with Crippen molar-refractivity contribution in [3.8, 4) is 5.75 Å². The first-order valence-corrected chi connectivity index (χ1v) is 14.9. The highest BCUT2D eigenvalue weighted by Gasteiger charge is 2.85. The lowest BCUT2D eigenvalue weighted by Crippen LogP contribution is -2.67. The number of rotatable bonds is 4. The monoisotopic (exact) mass is 569 g/mol. The van der Waals surface area contributed by atoms with Crippen LogP contribution in [0.15, 0.2) is 71.9 Å². The van der Waals surface area contributed by atoms with Crippen molar-refractivity contribution in [1.29, 1.82) is 0 Å². The summed E-state index contributed by atoms with van der Waals surface area (Å²) in [7, 11) is 3.01. The molecule has 2 aliphatic heterocycles. The molecule has 2 aromatic carbocycles. The predicted molar refractivity (Wildman–Crippen MR) is 152 cm³/mol. The number of ketones is 1. The van der Waals surface area contributed by atoms with Crippen molar-refractivity contribution >= 4 is 17.5 Å². The number of esters is 1. The molecule has 8 rings (SSSR count). The third kappa shape index (κ3) is 2.92. The average molecular weight is 570 g/mol. The normalized spacial score (nSPS) is 42.5. The molecule has 0 amide bonds. The fourth-order valence-electron chi connectivity index (χ4n) is 10.1. The van der Waals surface area contributed by atoms with Crippen molar-refractivity contribution in [3.05, 3.63) is 77.9 Å². The first-order chi connectivity index (χ1) is 20.3. The second-order valence-electron chi connectivity index (χ2n) is 13.0. The molecule has 0 N–H and O–H groups in total. The quantitative estimate of drug-likeness (QED) is 0.375. The zero-order valence-electron chi connectivity index (χ0n) is 24.1. The molecule has 4 aliphatic carbocycles. The lowest BCUT2D eigenvalue weighted by atomic mass is 9.51. The summed E-state index contributed by atoms with van der Waals surface area (Å²) in [6.07, 6.45) is 6.58. The molecule has 218 valence electrons. The summed E-state index contributed by atoms with van der Waals surface area (Å²) in [5.74, 6) is -0.445. The lowest BCUT2D eigenvalue weighted by Gasteiger charge is -2.54. The number of fused-ring (bicyclic) bond motifs is 5. The van der Waals surface area contributed by atoms with Crippen LogP contribution in [0.5, 0.6) is 5.75 Å². The largest absolute Gasteiger partial charge is 0.497 e. The zero-order valence-corrected chi connectivity index (χ0v) is 24.1. The first kappa shape index (κ1) is 26.2. The summed E-state index contributed by atoms with van der Waals surface area (Å²) in [6.45, 7) is 2.36. The molecule has 1 unspecified atom stereocenters. The molecule has 42 heavy (non-hydrogen) atoms. The van der Waals surface area contributed by atoms with Gasteiger partial charge in [0.25, 0.3) is 0 Å². The van der Waals surface area contributed by atoms with E-state index in [-0.39, 0.29) is 34.7 Å². The van der Waals surface area contributed by atoms with Crippen LogP contribution in [0, 0.1) is 22.7 Å². The molecular formula is C34H35NO7. The molecule has 8 nitrogen and oxygen atoms in total. The Balaban J connectivity index is 1.34. The van der Waals surface area contributed by atoms with Gasteiger partial charge in [-0.3, -0.25) is 4.79 Å². The standard InChI is InChI=1S/C34H35NO7/c1-31-15-7-8-16-32(31)17-18-33(31,21-11-13-22(38-2)14-12-21)24-25(36)26-28(41-30(40-26)20-9-5-4-6-10-20)34(27(24)32)19-23(35-42-34)29(37)39-3/h4-6,9-14,17-18,24,26-28,30H,7-8,15-16,19H2,1-3H3/t24-,26-,27+,28-,30?,31+,32-,33-,34-/m1/s1. The number of hydrogen-bond acceptors (Lipinski definition) is 8. The fraction of sp³-hybridized carbons (Fsp3) is 0.500. The number of carbonyl (C=O) groups is 2. The zero-order chi connectivity index (χ0) is 28.9. The summed E-state index contributed by atoms with van der Waals surface area (Å²) < 4.78 is 23.8. The molecule has 2 aromatic rings. The minimum atomic E-state index is -1.08. The fourth-order valence-corrected chi connectivity index (χ4v) is 10.1. The molecule has 6 aliphatic rings. The van der Waals surface area contributed by atoms with Crippen molar-refractivity contribution < 1.29 is 33.4 Å². The number of ether oxygens (including phenoxy) is 4. The van der Waals surface area contributed by atoms with Crippen LogP contribution in [0.25, 0.3) is 0 Å². The van der Waals surface area contributed by atoms with Gasteiger partial charge in [0, 0.05) is 34.7 Å². The molecular weight excluding hydrogens is 534 g/mol. The van der Waals surface area contributed by atoms with Gasteiger partial charge in [-0.05, 0) is 36.0 Å². The van der Waals surface area contributed by atoms with Crippen LogP contribution in [-0.2, 0) is 34.1 Å². The van der Waals surface area contributed by atoms with Crippen LogP contribution in [-0.4, -0.2) is 49.5 Å². The summed E-state index contributed by atoms with van der Waals surface area (Å²) >= 11 is 0. The highest BCUT2D eigenvalue weighted by molar-refractivity contribution is 6.37. The van der Waals surface area contributed by atoms with Crippen molar-refractivity contribution in [2.45, 2.75) is 68.5 Å². The Kier molecular flexibility index (Phi) is 5.46. The molecule has 1 saturated heterocycles. The van der Waals surface area contributed by atoms with E-state index < -0.39 is 41.4 Å². The number of Topliss-reactive ketones (excluding diaryl/α,β-unsaturated/α-hetero) is 1. The van der Waals surface area contributed by atoms with Gasteiger partial charge < -0.3 is 23.8 Å². The second kappa shape index (κ2) is 8.77. The molecule has 1 spiro atoms. The minimum Gasteiger partial charge on any atom is -0.497 e. The van der Waals surface area contributed by atoms with E-state index >= 15 is 4.79 Å². The van der Waals surface area contributed by atoms with Gasteiger partial charge in [-0.25, -0.2) is 4.79 Å². The highest BCUT2D eigenvalue weighted by Crippen LogP contribution is 2.82. The molecule has 9 atom stereocenters. The second-order valence-corrected chi connectivity index (χ2v) is 13.0. The average Bonchev–Trinajstić information content (AvgIpc) is 3.78. The van der Waals surface area contributed by atoms with Crippen LogP contribution < -0.4 is 4.74 Å². The third-order valence-corrected chi connectivity index (χ3v) is 11.7. The van der Waals surface area contributed by atoms with Crippen molar-refractivity contribution in [2.24, 2.45) is 27.8 Å². The van der Waals surface area contributed by atoms with Gasteiger partial charge in [0.1, 0.15) is 18.0 Å². The predicted octanol–water partition coefficient (Wildman–Crippen LogP) is 5.07. The minimum absolute atomic E-state index is 0.0411. The molecule has 0 radical (unpaired) electrons. The van der Waals surface area contributed by atoms with Crippen LogP contribution in [0.3, 0.4) is 0 Å². The molecule has 8 heteroatoms. The molecule has 3 saturated carbocycles. The number of nitrogens with zero attached hydrogens (tertiary/aromatic N) is 1.